The van der Waals surface area contributed by atoms with Gasteiger partial charge in [0.2, 0.25) is 0 Å². The molecule has 0 radical (unpaired) electrons. The number of rotatable bonds is 9. The van der Waals surface area contributed by atoms with Gasteiger partial charge in [0.25, 0.3) is 0 Å². The molecule has 1 heterocycles. The number of hydrogen-bond donors (Lipinski definition) is 1. The molecule has 4 atom stereocenters. The largest absolute Gasteiger partial charge is 0.497 e. The molecule has 6 heteroatoms. The Labute approximate surface area is 195 Å². The molecule has 0 spiro atoms. The Bertz CT molecular complexity index is 940. The summed E-state index contributed by atoms with van der Waals surface area (Å²) >= 11 is 6.11. The summed E-state index contributed by atoms with van der Waals surface area (Å²) in [7, 11) is 1.57. The van der Waals surface area contributed by atoms with E-state index in [0.29, 0.717) is 16.5 Å². The minimum atomic E-state index is -1.04. The molecule has 0 bridgehead atoms. The van der Waals surface area contributed by atoms with Gasteiger partial charge < -0.3 is 19.3 Å². The molecular weight excluding hydrogens is 428 g/mol. The second-order valence-electron chi connectivity index (χ2n) is 8.32. The Balaban J connectivity index is 1.99. The molecule has 3 rings (SSSR count). The second-order valence-corrected chi connectivity index (χ2v) is 8.75. The highest BCUT2D eigenvalue weighted by atomic mass is 35.5. The fraction of sp³-hybridized carbons (Fsp3) is 0.423. The van der Waals surface area contributed by atoms with Crippen molar-refractivity contribution in [3.8, 4) is 11.5 Å². The molecule has 1 aliphatic rings. The van der Waals surface area contributed by atoms with Gasteiger partial charge in [-0.05, 0) is 49.6 Å². The van der Waals surface area contributed by atoms with Gasteiger partial charge in [-0.2, -0.15) is 0 Å². The third kappa shape index (κ3) is 5.64. The molecule has 2 aromatic rings. The third-order valence-electron chi connectivity index (χ3n) is 6.03. The average Bonchev–Trinajstić information content (AvgIpc) is 2.78. The topological polar surface area (TPSA) is 65.0 Å². The van der Waals surface area contributed by atoms with Crippen molar-refractivity contribution in [1.29, 1.82) is 0 Å². The summed E-state index contributed by atoms with van der Waals surface area (Å²) in [4.78, 5) is 11.1. The van der Waals surface area contributed by atoms with E-state index < -0.39 is 12.6 Å². The summed E-state index contributed by atoms with van der Waals surface area (Å²) in [6, 6.07) is 13.5. The standard InChI is InChI=1S/C26H31ClO5/c1-5-6-23-22(17-7-9-18(27)10-8-17)14-21(16(2)3)26(32-23)20-12-11-19(30-4)13-24(20)31-15-25(28)29/h7-13,21-23,26H,2,5-6,14-15H2,1,3-4H3,(H,28,29)/t21-,22-,23+,26-/m1/s1. The lowest BCUT2D eigenvalue weighted by molar-refractivity contribution is -0.139. The van der Waals surface area contributed by atoms with Crippen molar-refractivity contribution in [3.05, 3.63) is 70.8 Å². The summed E-state index contributed by atoms with van der Waals surface area (Å²) in [5.41, 5.74) is 3.04. The van der Waals surface area contributed by atoms with Crippen LogP contribution < -0.4 is 9.47 Å². The fourth-order valence-corrected chi connectivity index (χ4v) is 4.56. The number of hydrogen-bond acceptors (Lipinski definition) is 4. The predicted octanol–water partition coefficient (Wildman–Crippen LogP) is 6.42. The van der Waals surface area contributed by atoms with Gasteiger partial charge in [0.05, 0.1) is 19.3 Å². The highest BCUT2D eigenvalue weighted by molar-refractivity contribution is 6.30. The van der Waals surface area contributed by atoms with E-state index >= 15 is 0 Å². The molecule has 2 aromatic carbocycles. The fourth-order valence-electron chi connectivity index (χ4n) is 4.43. The van der Waals surface area contributed by atoms with Crippen LogP contribution in [0.3, 0.4) is 0 Å². The lowest BCUT2D eigenvalue weighted by atomic mass is 9.74. The first-order valence-electron chi connectivity index (χ1n) is 10.9. The molecule has 0 aromatic heterocycles. The van der Waals surface area contributed by atoms with E-state index in [9.17, 15) is 4.79 Å². The number of ether oxygens (including phenoxy) is 3. The maximum absolute atomic E-state index is 11.1. The van der Waals surface area contributed by atoms with E-state index in [1.54, 1.807) is 13.2 Å². The summed E-state index contributed by atoms with van der Waals surface area (Å²) in [6.45, 7) is 7.98. The van der Waals surface area contributed by atoms with E-state index in [-0.39, 0.29) is 24.0 Å². The predicted molar refractivity (Wildman–Crippen MR) is 126 cm³/mol. The first-order valence-corrected chi connectivity index (χ1v) is 11.3. The molecule has 32 heavy (non-hydrogen) atoms. The normalized spacial score (nSPS) is 22.9. The van der Waals surface area contributed by atoms with Crippen molar-refractivity contribution in [1.82, 2.24) is 0 Å². The van der Waals surface area contributed by atoms with Crippen LogP contribution >= 0.6 is 11.6 Å². The van der Waals surface area contributed by atoms with E-state index in [2.05, 4.69) is 25.6 Å². The first-order chi connectivity index (χ1) is 15.3. The summed E-state index contributed by atoms with van der Waals surface area (Å²) in [5.74, 6) is 0.284. The van der Waals surface area contributed by atoms with Gasteiger partial charge in [-0.15, -0.1) is 0 Å². The van der Waals surface area contributed by atoms with E-state index in [1.807, 2.05) is 31.2 Å². The quantitative estimate of drug-likeness (QED) is 0.439. The van der Waals surface area contributed by atoms with Crippen molar-refractivity contribution in [2.24, 2.45) is 5.92 Å². The highest BCUT2D eigenvalue weighted by Gasteiger charge is 2.40. The van der Waals surface area contributed by atoms with Crippen LogP contribution in [0.25, 0.3) is 0 Å². The van der Waals surface area contributed by atoms with E-state index in [1.165, 1.54) is 5.56 Å². The molecule has 1 saturated heterocycles. The third-order valence-corrected chi connectivity index (χ3v) is 6.28. The number of carboxylic acids is 1. The van der Waals surface area contributed by atoms with Gasteiger partial charge in [0, 0.05) is 28.5 Å². The Hall–Kier alpha value is -2.50. The summed E-state index contributed by atoms with van der Waals surface area (Å²) in [5, 5.41) is 9.84. The molecule has 0 aliphatic carbocycles. The van der Waals surface area contributed by atoms with Crippen molar-refractivity contribution in [2.45, 2.75) is 51.2 Å². The lowest BCUT2D eigenvalue weighted by Crippen LogP contribution is -2.36. The number of carboxylic acid groups (broad SMARTS) is 1. The van der Waals surface area contributed by atoms with Crippen LogP contribution in [0.2, 0.25) is 5.02 Å². The lowest BCUT2D eigenvalue weighted by Gasteiger charge is -2.43. The van der Waals surface area contributed by atoms with Crippen LogP contribution in [-0.2, 0) is 9.53 Å². The number of halogens is 1. The molecule has 1 N–H and O–H groups in total. The molecule has 1 fully saturated rings. The van der Waals surface area contributed by atoms with Gasteiger partial charge >= 0.3 is 5.97 Å². The maximum atomic E-state index is 11.1. The van der Waals surface area contributed by atoms with Crippen molar-refractivity contribution >= 4 is 17.6 Å². The molecule has 0 saturated carbocycles. The van der Waals surface area contributed by atoms with Crippen molar-refractivity contribution < 1.29 is 24.1 Å². The Morgan fingerprint density at radius 3 is 2.56 bits per heavy atom. The van der Waals surface area contributed by atoms with E-state index in [4.69, 9.17) is 30.9 Å². The second kappa shape index (κ2) is 10.9. The minimum Gasteiger partial charge on any atom is -0.497 e. The smallest absolute Gasteiger partial charge is 0.341 e. The molecular formula is C26H31ClO5. The van der Waals surface area contributed by atoms with Gasteiger partial charge in [-0.1, -0.05) is 49.2 Å². The van der Waals surface area contributed by atoms with Gasteiger partial charge in [-0.25, -0.2) is 4.79 Å². The summed E-state index contributed by atoms with van der Waals surface area (Å²) < 4.78 is 17.7. The van der Waals surface area contributed by atoms with Crippen molar-refractivity contribution in [2.75, 3.05) is 13.7 Å². The number of methoxy groups -OCH3 is 1. The number of aliphatic carboxylic acids is 1. The monoisotopic (exact) mass is 458 g/mol. The zero-order valence-corrected chi connectivity index (χ0v) is 19.6. The molecule has 0 amide bonds. The summed E-state index contributed by atoms with van der Waals surface area (Å²) in [6.07, 6.45) is 2.49. The van der Waals surface area contributed by atoms with Gasteiger partial charge in [0.1, 0.15) is 11.5 Å². The van der Waals surface area contributed by atoms with Gasteiger partial charge in [-0.3, -0.25) is 0 Å². The van der Waals surface area contributed by atoms with Crippen molar-refractivity contribution in [3.63, 3.8) is 0 Å². The maximum Gasteiger partial charge on any atom is 0.341 e. The van der Waals surface area contributed by atoms with Crippen LogP contribution in [-0.4, -0.2) is 30.9 Å². The average molecular weight is 459 g/mol. The Morgan fingerprint density at radius 1 is 1.25 bits per heavy atom. The molecule has 5 nitrogen and oxygen atoms in total. The Kier molecular flexibility index (Phi) is 8.21. The first kappa shape index (κ1) is 24.1. The van der Waals surface area contributed by atoms with Crippen LogP contribution in [0, 0.1) is 5.92 Å². The number of benzene rings is 2. The molecule has 0 unspecified atom stereocenters. The molecule has 1 aliphatic heterocycles. The SMILES string of the molecule is C=C(C)[C@H]1C[C@H](c2ccc(Cl)cc2)[C@H](CCC)O[C@@H]1c1ccc(OC)cc1OCC(=O)O. The van der Waals surface area contributed by atoms with Crippen LogP contribution in [0.1, 0.15) is 56.3 Å². The molecule has 172 valence electrons. The van der Waals surface area contributed by atoms with E-state index in [0.717, 1.165) is 30.4 Å². The highest BCUT2D eigenvalue weighted by Crippen LogP contribution is 2.49. The minimum absolute atomic E-state index is 0.0104. The van der Waals surface area contributed by atoms with Gasteiger partial charge in [0.15, 0.2) is 6.61 Å². The van der Waals surface area contributed by atoms with Crippen LogP contribution in [0.15, 0.2) is 54.6 Å². The van der Waals surface area contributed by atoms with Crippen LogP contribution in [0.5, 0.6) is 11.5 Å². The number of carbonyl (C=O) groups is 1. The zero-order valence-electron chi connectivity index (χ0n) is 18.8. The zero-order chi connectivity index (χ0) is 23.3. The Morgan fingerprint density at radius 2 is 1.97 bits per heavy atom. The van der Waals surface area contributed by atoms with Crippen LogP contribution in [0.4, 0.5) is 0 Å².